The van der Waals surface area contributed by atoms with Gasteiger partial charge in [-0.25, -0.2) is 0 Å². The van der Waals surface area contributed by atoms with Gasteiger partial charge in [0.2, 0.25) is 0 Å². The SMILES string of the molecule is COc1cc(OC)cc(C(=O)NCc2nnc(SCc3ccc(C(F)(F)F)cc3)n2-c2cccc(C)c2)c1. The summed E-state index contributed by atoms with van der Waals surface area (Å²) in [4.78, 5) is 12.9. The summed E-state index contributed by atoms with van der Waals surface area (Å²) in [7, 11) is 3.01. The molecule has 0 radical (unpaired) electrons. The Morgan fingerprint density at radius 3 is 2.26 bits per heavy atom. The zero-order valence-electron chi connectivity index (χ0n) is 20.9. The van der Waals surface area contributed by atoms with Crippen molar-refractivity contribution in [3.05, 3.63) is 94.8 Å². The molecule has 38 heavy (non-hydrogen) atoms. The number of carbonyl (C=O) groups excluding carboxylic acids is 1. The van der Waals surface area contributed by atoms with Gasteiger partial charge in [0.15, 0.2) is 11.0 Å². The summed E-state index contributed by atoms with van der Waals surface area (Å²) in [6.45, 7) is 2.04. The first kappa shape index (κ1) is 27.1. The lowest BCUT2D eigenvalue weighted by atomic mass is 10.1. The van der Waals surface area contributed by atoms with E-state index in [2.05, 4.69) is 15.5 Å². The molecule has 3 aromatic carbocycles. The van der Waals surface area contributed by atoms with Gasteiger partial charge < -0.3 is 14.8 Å². The summed E-state index contributed by atoms with van der Waals surface area (Å²) in [5, 5.41) is 12.0. The first-order valence-electron chi connectivity index (χ1n) is 11.5. The maximum Gasteiger partial charge on any atom is 0.416 e. The number of amides is 1. The van der Waals surface area contributed by atoms with E-state index in [9.17, 15) is 18.0 Å². The lowest BCUT2D eigenvalue weighted by molar-refractivity contribution is -0.137. The molecule has 1 N–H and O–H groups in total. The molecule has 0 atom stereocenters. The molecule has 0 aliphatic carbocycles. The summed E-state index contributed by atoms with van der Waals surface area (Å²) < 4.78 is 51.0. The number of alkyl halides is 3. The molecule has 0 unspecified atom stereocenters. The number of hydrogen-bond donors (Lipinski definition) is 1. The van der Waals surface area contributed by atoms with Gasteiger partial charge in [-0.15, -0.1) is 10.2 Å². The Balaban J connectivity index is 1.56. The predicted molar refractivity (Wildman–Crippen MR) is 138 cm³/mol. The van der Waals surface area contributed by atoms with Crippen LogP contribution in [-0.2, 0) is 18.5 Å². The standard InChI is InChI=1S/C27H25F3N4O3S/c1-17-5-4-6-21(11-17)34-24(15-31-25(35)19-12-22(36-2)14-23(13-19)37-3)32-33-26(34)38-16-18-7-9-20(10-8-18)27(28,29)30/h4-14H,15-16H2,1-3H3,(H,31,35). The van der Waals surface area contributed by atoms with E-state index in [0.29, 0.717) is 39.4 Å². The number of benzene rings is 3. The second-order valence-corrected chi connectivity index (χ2v) is 9.28. The van der Waals surface area contributed by atoms with Crippen molar-refractivity contribution in [1.29, 1.82) is 0 Å². The first-order valence-corrected chi connectivity index (χ1v) is 12.5. The third-order valence-electron chi connectivity index (χ3n) is 5.63. The number of hydrogen-bond acceptors (Lipinski definition) is 6. The number of methoxy groups -OCH3 is 2. The van der Waals surface area contributed by atoms with E-state index >= 15 is 0 Å². The predicted octanol–water partition coefficient (Wildman–Crippen LogP) is 5.83. The number of halogens is 3. The number of ether oxygens (including phenoxy) is 2. The van der Waals surface area contributed by atoms with E-state index in [1.165, 1.54) is 38.1 Å². The highest BCUT2D eigenvalue weighted by Crippen LogP contribution is 2.31. The molecule has 1 amide bonds. The average Bonchev–Trinajstić information content (AvgIpc) is 3.32. The minimum atomic E-state index is -4.38. The van der Waals surface area contributed by atoms with Gasteiger partial charge in [-0.3, -0.25) is 9.36 Å². The van der Waals surface area contributed by atoms with Crippen molar-refractivity contribution in [3.8, 4) is 17.2 Å². The topological polar surface area (TPSA) is 78.3 Å². The smallest absolute Gasteiger partial charge is 0.416 e. The highest BCUT2D eigenvalue weighted by atomic mass is 32.2. The van der Waals surface area contributed by atoms with E-state index in [1.807, 2.05) is 35.8 Å². The lowest BCUT2D eigenvalue weighted by Gasteiger charge is -2.13. The molecule has 0 fully saturated rings. The van der Waals surface area contributed by atoms with Crippen molar-refractivity contribution < 1.29 is 27.4 Å². The molecule has 0 bridgehead atoms. The van der Waals surface area contributed by atoms with Gasteiger partial charge in [0.1, 0.15) is 11.5 Å². The average molecular weight is 543 g/mol. The number of thioether (sulfide) groups is 1. The monoisotopic (exact) mass is 542 g/mol. The molecule has 0 aliphatic heterocycles. The molecule has 0 saturated heterocycles. The molecule has 7 nitrogen and oxygen atoms in total. The van der Waals surface area contributed by atoms with Gasteiger partial charge in [0.25, 0.3) is 5.91 Å². The largest absolute Gasteiger partial charge is 0.497 e. The highest BCUT2D eigenvalue weighted by molar-refractivity contribution is 7.98. The third-order valence-corrected chi connectivity index (χ3v) is 6.63. The highest BCUT2D eigenvalue weighted by Gasteiger charge is 2.30. The van der Waals surface area contributed by atoms with Crippen molar-refractivity contribution in [2.24, 2.45) is 0 Å². The minimum Gasteiger partial charge on any atom is -0.497 e. The van der Waals surface area contributed by atoms with E-state index in [-0.39, 0.29) is 12.5 Å². The van der Waals surface area contributed by atoms with Crippen LogP contribution in [-0.4, -0.2) is 34.9 Å². The molecule has 1 aromatic heterocycles. The molecule has 11 heteroatoms. The summed E-state index contributed by atoms with van der Waals surface area (Å²) >= 11 is 1.34. The van der Waals surface area contributed by atoms with Crippen LogP contribution >= 0.6 is 11.8 Å². The fourth-order valence-electron chi connectivity index (χ4n) is 3.67. The summed E-state index contributed by atoms with van der Waals surface area (Å²) in [6.07, 6.45) is -4.38. The van der Waals surface area contributed by atoms with Crippen LogP contribution in [0.2, 0.25) is 0 Å². The van der Waals surface area contributed by atoms with Crippen LogP contribution in [0.4, 0.5) is 13.2 Å². The van der Waals surface area contributed by atoms with E-state index < -0.39 is 11.7 Å². The van der Waals surface area contributed by atoms with E-state index in [0.717, 1.165) is 23.4 Å². The molecule has 4 rings (SSSR count). The number of carbonyl (C=O) groups is 1. The fourth-order valence-corrected chi connectivity index (χ4v) is 4.60. The second kappa shape index (κ2) is 11.6. The molecule has 0 saturated carbocycles. The van der Waals surface area contributed by atoms with Crippen LogP contribution in [0.1, 0.15) is 32.9 Å². The molecule has 198 valence electrons. The van der Waals surface area contributed by atoms with Crippen LogP contribution in [0.25, 0.3) is 5.69 Å². The maximum absolute atomic E-state index is 12.9. The van der Waals surface area contributed by atoms with Crippen molar-refractivity contribution in [3.63, 3.8) is 0 Å². The van der Waals surface area contributed by atoms with Crippen LogP contribution < -0.4 is 14.8 Å². The Kier molecular flexibility index (Phi) is 8.26. The quantitative estimate of drug-likeness (QED) is 0.268. The number of nitrogens with zero attached hydrogens (tertiary/aromatic N) is 3. The number of aryl methyl sites for hydroxylation is 1. The van der Waals surface area contributed by atoms with Crippen LogP contribution in [0.3, 0.4) is 0 Å². The van der Waals surface area contributed by atoms with Crippen molar-refractivity contribution in [2.75, 3.05) is 14.2 Å². The van der Waals surface area contributed by atoms with Crippen LogP contribution in [0.15, 0.2) is 71.9 Å². The van der Waals surface area contributed by atoms with Gasteiger partial charge in [0, 0.05) is 23.1 Å². The first-order chi connectivity index (χ1) is 18.2. The van der Waals surface area contributed by atoms with Crippen molar-refractivity contribution >= 4 is 17.7 Å². The lowest BCUT2D eigenvalue weighted by Crippen LogP contribution is -2.24. The van der Waals surface area contributed by atoms with Crippen molar-refractivity contribution in [2.45, 2.75) is 30.6 Å². The Morgan fingerprint density at radius 1 is 0.974 bits per heavy atom. The molecule has 0 aliphatic rings. The third kappa shape index (κ3) is 6.46. The van der Waals surface area contributed by atoms with E-state index in [1.54, 1.807) is 18.2 Å². The van der Waals surface area contributed by atoms with Gasteiger partial charge in [-0.1, -0.05) is 36.0 Å². The molecular formula is C27H25F3N4O3S. The zero-order valence-corrected chi connectivity index (χ0v) is 21.7. The fraction of sp³-hybridized carbons (Fsp3) is 0.222. The summed E-state index contributed by atoms with van der Waals surface area (Å²) in [5.74, 6) is 1.50. The number of aromatic nitrogens is 3. The van der Waals surface area contributed by atoms with E-state index in [4.69, 9.17) is 9.47 Å². The Hall–Kier alpha value is -3.99. The molecule has 1 heterocycles. The summed E-state index contributed by atoms with van der Waals surface area (Å²) in [6, 6.07) is 17.6. The van der Waals surface area contributed by atoms with Crippen molar-refractivity contribution in [1.82, 2.24) is 20.1 Å². The van der Waals surface area contributed by atoms with Crippen LogP contribution in [0.5, 0.6) is 11.5 Å². The van der Waals surface area contributed by atoms with Gasteiger partial charge in [-0.05, 0) is 54.4 Å². The Labute approximate surface area is 222 Å². The molecular weight excluding hydrogens is 517 g/mol. The molecule has 4 aromatic rings. The van der Waals surface area contributed by atoms with Gasteiger partial charge in [0.05, 0.1) is 26.3 Å². The zero-order chi connectivity index (χ0) is 27.3. The Bertz CT molecular complexity index is 1400. The minimum absolute atomic E-state index is 0.0835. The summed E-state index contributed by atoms with van der Waals surface area (Å²) in [5.41, 5.74) is 2.20. The Morgan fingerprint density at radius 2 is 1.66 bits per heavy atom. The molecule has 0 spiro atoms. The maximum atomic E-state index is 12.9. The van der Waals surface area contributed by atoms with Crippen LogP contribution in [0, 0.1) is 6.92 Å². The number of rotatable bonds is 9. The van der Waals surface area contributed by atoms with Gasteiger partial charge in [-0.2, -0.15) is 13.2 Å². The normalized spacial score (nSPS) is 11.3. The second-order valence-electron chi connectivity index (χ2n) is 8.34. The van der Waals surface area contributed by atoms with Gasteiger partial charge >= 0.3 is 6.18 Å². The number of nitrogens with one attached hydrogen (secondary N) is 1.